The fourth-order valence-corrected chi connectivity index (χ4v) is 2.27. The molecule has 0 saturated carbocycles. The number of carbonyl (C=O) groups is 1. The third-order valence-corrected chi connectivity index (χ3v) is 3.50. The fourth-order valence-electron chi connectivity index (χ4n) is 1.50. The molecule has 0 aliphatic carbocycles. The van der Waals surface area contributed by atoms with Crippen LogP contribution in [0.4, 0.5) is 5.13 Å². The van der Waals surface area contributed by atoms with Crippen LogP contribution in [0, 0.1) is 0 Å². The van der Waals surface area contributed by atoms with Gasteiger partial charge in [-0.25, -0.2) is 5.43 Å². The molecular weight excluding hydrogens is 370 g/mol. The largest absolute Gasteiger partial charge is 0.493 e. The number of rotatable bonds is 7. The van der Waals surface area contributed by atoms with Gasteiger partial charge in [0, 0.05) is 5.33 Å². The molecule has 0 saturated heterocycles. The van der Waals surface area contributed by atoms with Crippen LogP contribution in [-0.2, 0) is 11.2 Å². The molecule has 1 heterocycles. The van der Waals surface area contributed by atoms with Crippen molar-refractivity contribution in [1.82, 2.24) is 15.6 Å². The molecule has 1 amide bonds. The number of benzene rings is 1. The SMILES string of the molecule is Nc1nnc(CC(=O)N/N=C/c2ccc(OCCBr)cc2)s1. The molecular formula is C13H14BrN5O2S. The van der Waals surface area contributed by atoms with Crippen molar-refractivity contribution in [1.29, 1.82) is 0 Å². The Morgan fingerprint density at radius 2 is 2.18 bits per heavy atom. The molecule has 0 bridgehead atoms. The fraction of sp³-hybridized carbons (Fsp3) is 0.231. The third kappa shape index (κ3) is 5.41. The standard InChI is InChI=1S/C13H14BrN5O2S/c14-5-6-21-10-3-1-9(2-4-10)8-16-17-11(20)7-12-18-19-13(15)22-12/h1-4,8H,5-7H2,(H2,15,19)(H,17,20)/b16-8+. The zero-order valence-electron chi connectivity index (χ0n) is 11.5. The third-order valence-electron chi connectivity index (χ3n) is 2.42. The maximum atomic E-state index is 11.6. The van der Waals surface area contributed by atoms with Crippen molar-refractivity contribution in [3.8, 4) is 5.75 Å². The van der Waals surface area contributed by atoms with Gasteiger partial charge < -0.3 is 10.5 Å². The number of halogens is 1. The minimum Gasteiger partial charge on any atom is -0.493 e. The van der Waals surface area contributed by atoms with Gasteiger partial charge >= 0.3 is 0 Å². The van der Waals surface area contributed by atoms with Gasteiger partial charge in [0.1, 0.15) is 10.8 Å². The average molecular weight is 384 g/mol. The lowest BCUT2D eigenvalue weighted by Gasteiger charge is -2.03. The van der Waals surface area contributed by atoms with E-state index in [0.717, 1.165) is 16.6 Å². The van der Waals surface area contributed by atoms with E-state index in [1.807, 2.05) is 24.3 Å². The summed E-state index contributed by atoms with van der Waals surface area (Å²) in [6, 6.07) is 7.39. The van der Waals surface area contributed by atoms with E-state index in [0.29, 0.717) is 16.7 Å². The topological polar surface area (TPSA) is 102 Å². The molecule has 0 radical (unpaired) electrons. The van der Waals surface area contributed by atoms with Gasteiger partial charge in [-0.3, -0.25) is 4.79 Å². The van der Waals surface area contributed by atoms with E-state index in [2.05, 4.69) is 36.7 Å². The number of anilines is 1. The second kappa shape index (κ2) is 8.44. The van der Waals surface area contributed by atoms with E-state index in [1.165, 1.54) is 11.3 Å². The lowest BCUT2D eigenvalue weighted by molar-refractivity contribution is -0.120. The van der Waals surface area contributed by atoms with E-state index in [1.54, 1.807) is 6.21 Å². The molecule has 1 aromatic heterocycles. The van der Waals surface area contributed by atoms with Crippen LogP contribution in [0.5, 0.6) is 5.75 Å². The maximum Gasteiger partial charge on any atom is 0.247 e. The molecule has 0 aliphatic heterocycles. The summed E-state index contributed by atoms with van der Waals surface area (Å²) < 4.78 is 5.44. The number of amides is 1. The Hall–Kier alpha value is -2.00. The number of carbonyl (C=O) groups excluding carboxylic acids is 1. The minimum atomic E-state index is -0.273. The van der Waals surface area contributed by atoms with Crippen LogP contribution in [0.15, 0.2) is 29.4 Å². The Morgan fingerprint density at radius 3 is 2.82 bits per heavy atom. The van der Waals surface area contributed by atoms with Crippen molar-refractivity contribution >= 4 is 44.5 Å². The Balaban J connectivity index is 1.80. The van der Waals surface area contributed by atoms with Crippen LogP contribution in [0.1, 0.15) is 10.6 Å². The molecule has 1 aromatic carbocycles. The Labute approximate surface area is 139 Å². The summed E-state index contributed by atoms with van der Waals surface area (Å²) in [5.41, 5.74) is 8.73. The van der Waals surface area contributed by atoms with Crippen molar-refractivity contribution in [3.63, 3.8) is 0 Å². The number of nitrogens with one attached hydrogen (secondary N) is 1. The predicted octanol–water partition coefficient (Wildman–Crippen LogP) is 1.59. The van der Waals surface area contributed by atoms with Crippen molar-refractivity contribution in [2.75, 3.05) is 17.7 Å². The molecule has 22 heavy (non-hydrogen) atoms. The maximum absolute atomic E-state index is 11.6. The van der Waals surface area contributed by atoms with Gasteiger partial charge in [0.15, 0.2) is 0 Å². The average Bonchev–Trinajstić information content (AvgIpc) is 2.91. The number of hydrogen-bond donors (Lipinski definition) is 2. The zero-order valence-corrected chi connectivity index (χ0v) is 13.9. The lowest BCUT2D eigenvalue weighted by Crippen LogP contribution is -2.19. The van der Waals surface area contributed by atoms with Crippen molar-refractivity contribution in [2.45, 2.75) is 6.42 Å². The van der Waals surface area contributed by atoms with E-state index in [9.17, 15) is 4.79 Å². The Morgan fingerprint density at radius 1 is 1.41 bits per heavy atom. The summed E-state index contributed by atoms with van der Waals surface area (Å²) in [5.74, 6) is 0.513. The quantitative estimate of drug-likeness (QED) is 0.429. The molecule has 0 unspecified atom stereocenters. The minimum absolute atomic E-state index is 0.103. The number of nitrogens with two attached hydrogens (primary N) is 1. The first-order chi connectivity index (χ1) is 10.7. The predicted molar refractivity (Wildman–Crippen MR) is 89.5 cm³/mol. The molecule has 0 fully saturated rings. The lowest BCUT2D eigenvalue weighted by atomic mass is 10.2. The Bertz CT molecular complexity index is 644. The molecule has 9 heteroatoms. The highest BCUT2D eigenvalue weighted by Crippen LogP contribution is 2.12. The molecule has 0 spiro atoms. The molecule has 7 nitrogen and oxygen atoms in total. The van der Waals surface area contributed by atoms with Gasteiger partial charge in [-0.2, -0.15) is 5.10 Å². The first-order valence-electron chi connectivity index (χ1n) is 6.36. The first kappa shape index (κ1) is 16.4. The normalized spacial score (nSPS) is 10.8. The van der Waals surface area contributed by atoms with Gasteiger partial charge in [0.25, 0.3) is 0 Å². The number of aromatic nitrogens is 2. The molecule has 116 valence electrons. The van der Waals surface area contributed by atoms with Crippen LogP contribution in [0.25, 0.3) is 0 Å². The summed E-state index contributed by atoms with van der Waals surface area (Å²) in [4.78, 5) is 11.6. The number of alkyl halides is 1. The van der Waals surface area contributed by atoms with E-state index in [4.69, 9.17) is 10.5 Å². The molecule has 2 rings (SSSR count). The number of ether oxygens (including phenoxy) is 1. The second-order valence-corrected chi connectivity index (χ2v) is 6.00. The van der Waals surface area contributed by atoms with Gasteiger partial charge in [0.2, 0.25) is 11.0 Å². The van der Waals surface area contributed by atoms with Gasteiger partial charge in [0.05, 0.1) is 19.2 Å². The molecule has 0 atom stereocenters. The summed E-state index contributed by atoms with van der Waals surface area (Å²) >= 11 is 4.47. The van der Waals surface area contributed by atoms with Crippen molar-refractivity contribution < 1.29 is 9.53 Å². The summed E-state index contributed by atoms with van der Waals surface area (Å²) in [6.07, 6.45) is 1.66. The highest BCUT2D eigenvalue weighted by Gasteiger charge is 2.06. The van der Waals surface area contributed by atoms with Crippen LogP contribution < -0.4 is 15.9 Å². The number of nitrogens with zero attached hydrogens (tertiary/aromatic N) is 3. The highest BCUT2D eigenvalue weighted by molar-refractivity contribution is 9.09. The van der Waals surface area contributed by atoms with Crippen LogP contribution in [-0.4, -0.2) is 34.3 Å². The summed E-state index contributed by atoms with van der Waals surface area (Å²) in [5, 5.41) is 13.0. The van der Waals surface area contributed by atoms with Crippen LogP contribution in [0.3, 0.4) is 0 Å². The number of hydrazone groups is 1. The van der Waals surface area contributed by atoms with Crippen molar-refractivity contribution in [2.24, 2.45) is 5.10 Å². The van der Waals surface area contributed by atoms with Crippen molar-refractivity contribution in [3.05, 3.63) is 34.8 Å². The van der Waals surface area contributed by atoms with E-state index >= 15 is 0 Å². The number of hydrogen-bond acceptors (Lipinski definition) is 7. The van der Waals surface area contributed by atoms with Crippen LogP contribution >= 0.6 is 27.3 Å². The molecule has 2 aromatic rings. The Kier molecular flexibility index (Phi) is 6.28. The smallest absolute Gasteiger partial charge is 0.247 e. The van der Waals surface area contributed by atoms with Gasteiger partial charge in [-0.05, 0) is 29.8 Å². The van der Waals surface area contributed by atoms with Crippen LogP contribution in [0.2, 0.25) is 0 Å². The summed E-state index contributed by atoms with van der Waals surface area (Å²) in [7, 11) is 0. The summed E-state index contributed by atoms with van der Waals surface area (Å²) in [6.45, 7) is 0.611. The highest BCUT2D eigenvalue weighted by atomic mass is 79.9. The van der Waals surface area contributed by atoms with E-state index < -0.39 is 0 Å². The molecule has 3 N–H and O–H groups in total. The van der Waals surface area contributed by atoms with E-state index in [-0.39, 0.29) is 12.3 Å². The molecule has 0 aliphatic rings. The monoisotopic (exact) mass is 383 g/mol. The number of nitrogen functional groups attached to an aromatic ring is 1. The van der Waals surface area contributed by atoms with Gasteiger partial charge in [-0.15, -0.1) is 10.2 Å². The van der Waals surface area contributed by atoms with Gasteiger partial charge in [-0.1, -0.05) is 27.3 Å². The first-order valence-corrected chi connectivity index (χ1v) is 8.30. The zero-order chi connectivity index (χ0) is 15.8. The second-order valence-electron chi connectivity index (χ2n) is 4.11.